The summed E-state index contributed by atoms with van der Waals surface area (Å²) < 4.78 is 83.3. The number of alkyl halides is 6. The Morgan fingerprint density at radius 3 is 2.52 bits per heavy atom. The van der Waals surface area contributed by atoms with Crippen LogP contribution in [0.15, 0.2) is 41.7 Å². The molecule has 5 nitrogen and oxygen atoms in total. The Kier molecular flexibility index (Phi) is 8.30. The number of anilines is 1. The van der Waals surface area contributed by atoms with Crippen LogP contribution in [0.2, 0.25) is 0 Å². The smallest absolute Gasteiger partial charge is 0.430 e. The lowest BCUT2D eigenvalue weighted by atomic mass is 9.86. The van der Waals surface area contributed by atoms with E-state index in [1.54, 1.807) is 6.92 Å². The number of benzene rings is 1. The molecule has 0 aromatic heterocycles. The molecule has 0 amide bonds. The zero-order valence-corrected chi connectivity index (χ0v) is 17.6. The van der Waals surface area contributed by atoms with E-state index < -0.39 is 40.9 Å². The average molecular weight is 474 g/mol. The number of rotatable bonds is 9. The Hall–Kier alpha value is -3.29. The molecule has 178 valence electrons. The Labute approximate surface area is 186 Å². The summed E-state index contributed by atoms with van der Waals surface area (Å²) in [6.45, 7) is 2.08. The largest absolute Gasteiger partial charge is 0.493 e. The normalized spacial score (nSPS) is 16.5. The molecule has 0 saturated carbocycles. The van der Waals surface area contributed by atoms with Gasteiger partial charge in [-0.2, -0.15) is 31.6 Å². The maximum Gasteiger partial charge on any atom is 0.430 e. The van der Waals surface area contributed by atoms with Crippen molar-refractivity contribution in [3.8, 4) is 6.07 Å². The first kappa shape index (κ1) is 26.0. The summed E-state index contributed by atoms with van der Waals surface area (Å²) in [4.78, 5) is 10.3. The fourth-order valence-corrected chi connectivity index (χ4v) is 3.21. The van der Waals surface area contributed by atoms with Crippen LogP contribution in [0.25, 0.3) is 0 Å². The number of nitrogens with one attached hydrogen (secondary N) is 2. The molecular formula is C22H22F6N3O2+. The van der Waals surface area contributed by atoms with Crippen LogP contribution in [-0.4, -0.2) is 35.6 Å². The molecule has 0 spiro atoms. The predicted octanol–water partition coefficient (Wildman–Crippen LogP) is 5.76. The van der Waals surface area contributed by atoms with Crippen LogP contribution >= 0.6 is 0 Å². The molecule has 1 aromatic carbocycles. The molecule has 1 aliphatic rings. The van der Waals surface area contributed by atoms with E-state index in [1.165, 1.54) is 18.2 Å². The minimum Gasteiger partial charge on any atom is -0.493 e. The van der Waals surface area contributed by atoms with E-state index >= 15 is 0 Å². The third-order valence-corrected chi connectivity index (χ3v) is 4.81. The number of ketones is 1. The number of nitrogens with zero attached hydrogens (tertiary/aromatic N) is 1. The van der Waals surface area contributed by atoms with Crippen LogP contribution in [0.1, 0.15) is 37.3 Å². The highest BCUT2D eigenvalue weighted by molar-refractivity contribution is 6.15. The number of allylic oxidation sites excluding steroid dienone is 3. The van der Waals surface area contributed by atoms with Gasteiger partial charge in [-0.15, -0.1) is 0 Å². The molecule has 1 unspecified atom stereocenters. The monoisotopic (exact) mass is 474 g/mol. The van der Waals surface area contributed by atoms with Crippen LogP contribution in [0.3, 0.4) is 0 Å². The Bertz CT molecular complexity index is 1000. The Morgan fingerprint density at radius 1 is 1.24 bits per heavy atom. The number of carbonyl (C=O) groups excluding carboxylic acids is 1. The van der Waals surface area contributed by atoms with Crippen LogP contribution in [0.5, 0.6) is 0 Å². The van der Waals surface area contributed by atoms with E-state index in [0.717, 1.165) is 18.2 Å². The van der Waals surface area contributed by atoms with Gasteiger partial charge in [-0.25, -0.2) is 0 Å². The van der Waals surface area contributed by atoms with Crippen LogP contribution < -0.4 is 5.32 Å². The SMILES string of the molecule is CCCC1=C(OCCCNc2ccc(C#N)c(C(F)(F)F)c2)C=CC(C(=N)C(F)(F)F)C1=[OH+]. The van der Waals surface area contributed by atoms with Gasteiger partial charge in [0.15, 0.2) is 0 Å². The molecule has 11 heteroatoms. The van der Waals surface area contributed by atoms with E-state index in [9.17, 15) is 31.1 Å². The molecule has 0 bridgehead atoms. The molecule has 1 aliphatic carbocycles. The van der Waals surface area contributed by atoms with Gasteiger partial charge in [0, 0.05) is 12.2 Å². The van der Waals surface area contributed by atoms with E-state index in [1.807, 2.05) is 0 Å². The molecule has 0 heterocycles. The van der Waals surface area contributed by atoms with E-state index in [-0.39, 0.29) is 36.6 Å². The Balaban J connectivity index is 1.98. The highest BCUT2D eigenvalue weighted by Crippen LogP contribution is 2.34. The highest BCUT2D eigenvalue weighted by atomic mass is 19.4. The minimum absolute atomic E-state index is 0.0803. The molecule has 2 rings (SSSR count). The zero-order valence-electron chi connectivity index (χ0n) is 17.6. The summed E-state index contributed by atoms with van der Waals surface area (Å²) in [6, 6.07) is 4.77. The van der Waals surface area contributed by atoms with Crippen LogP contribution in [-0.2, 0) is 10.9 Å². The molecule has 3 N–H and O–H groups in total. The second kappa shape index (κ2) is 10.6. The molecule has 33 heavy (non-hydrogen) atoms. The van der Waals surface area contributed by atoms with Crippen LogP contribution in [0.4, 0.5) is 32.0 Å². The maximum atomic E-state index is 13.0. The van der Waals surface area contributed by atoms with Crippen molar-refractivity contribution >= 4 is 17.2 Å². The molecule has 1 aromatic rings. The summed E-state index contributed by atoms with van der Waals surface area (Å²) in [5.74, 6) is -1.98. The third kappa shape index (κ3) is 6.60. The van der Waals surface area contributed by atoms with Gasteiger partial charge in [0.2, 0.25) is 0 Å². The molecular weight excluding hydrogens is 452 g/mol. The highest BCUT2D eigenvalue weighted by Gasteiger charge is 2.46. The topological polar surface area (TPSA) is 90.3 Å². The Morgan fingerprint density at radius 2 is 1.94 bits per heavy atom. The van der Waals surface area contributed by atoms with Gasteiger partial charge < -0.3 is 10.1 Å². The summed E-state index contributed by atoms with van der Waals surface area (Å²) in [7, 11) is 0. The van der Waals surface area contributed by atoms with E-state index in [2.05, 4.69) is 5.32 Å². The molecule has 0 saturated heterocycles. The quantitative estimate of drug-likeness (QED) is 0.206. The van der Waals surface area contributed by atoms with Crippen molar-refractivity contribution in [2.75, 3.05) is 18.5 Å². The lowest BCUT2D eigenvalue weighted by molar-refractivity contribution is -0.137. The maximum absolute atomic E-state index is 13.0. The first-order valence-corrected chi connectivity index (χ1v) is 10.0. The fraction of sp³-hybridized carbons (Fsp3) is 0.409. The summed E-state index contributed by atoms with van der Waals surface area (Å²) in [5.41, 5.74) is -2.74. The molecule has 0 aliphatic heterocycles. The van der Waals surface area contributed by atoms with E-state index in [0.29, 0.717) is 12.8 Å². The van der Waals surface area contributed by atoms with Gasteiger partial charge in [0.1, 0.15) is 17.4 Å². The summed E-state index contributed by atoms with van der Waals surface area (Å²) in [5, 5.41) is 18.9. The second-order valence-electron chi connectivity index (χ2n) is 7.22. The summed E-state index contributed by atoms with van der Waals surface area (Å²) >= 11 is 0. The standard InChI is InChI=1S/C22H21F6N3O2/c1-2-4-15-18(8-7-16(19(15)32)20(30)22(26,27)28)33-10-3-9-31-14-6-5-13(12-29)17(11-14)21(23,24)25/h5-8,11,16,30-31H,2-4,9-10H2,1H3/p+1. The number of hydrogen-bond donors (Lipinski definition) is 2. The number of halogens is 6. The van der Waals surface area contributed by atoms with Crippen molar-refractivity contribution in [2.24, 2.45) is 5.92 Å². The van der Waals surface area contributed by atoms with E-state index in [4.69, 9.17) is 15.4 Å². The lowest BCUT2D eigenvalue weighted by Crippen LogP contribution is -2.36. The first-order valence-electron chi connectivity index (χ1n) is 10.0. The second-order valence-corrected chi connectivity index (χ2v) is 7.22. The first-order chi connectivity index (χ1) is 15.4. The van der Waals surface area contributed by atoms with Crippen molar-refractivity contribution in [1.82, 2.24) is 0 Å². The zero-order chi connectivity index (χ0) is 24.8. The van der Waals surface area contributed by atoms with Gasteiger partial charge in [0.25, 0.3) is 0 Å². The van der Waals surface area contributed by atoms with Gasteiger partial charge in [-0.1, -0.05) is 19.4 Å². The average Bonchev–Trinajstić information content (AvgIpc) is 2.74. The third-order valence-electron chi connectivity index (χ3n) is 4.81. The number of ether oxygens (including phenoxy) is 1. The minimum atomic E-state index is -4.87. The van der Waals surface area contributed by atoms with Crippen molar-refractivity contribution in [2.45, 2.75) is 38.5 Å². The van der Waals surface area contributed by atoms with Gasteiger partial charge >= 0.3 is 18.1 Å². The van der Waals surface area contributed by atoms with Crippen molar-refractivity contribution in [1.29, 1.82) is 10.7 Å². The van der Waals surface area contributed by atoms with Crippen molar-refractivity contribution in [3.63, 3.8) is 0 Å². The molecule has 0 radical (unpaired) electrons. The van der Waals surface area contributed by atoms with Gasteiger partial charge in [0.05, 0.1) is 29.4 Å². The van der Waals surface area contributed by atoms with Crippen molar-refractivity contribution in [3.05, 3.63) is 52.8 Å². The van der Waals surface area contributed by atoms with Gasteiger partial charge in [-0.3, -0.25) is 10.2 Å². The predicted molar refractivity (Wildman–Crippen MR) is 111 cm³/mol. The lowest BCUT2D eigenvalue weighted by Gasteiger charge is -2.20. The molecule has 1 atom stereocenters. The van der Waals surface area contributed by atoms with Crippen molar-refractivity contribution < 1.29 is 35.9 Å². The number of hydrogen-bond acceptors (Lipinski definition) is 4. The van der Waals surface area contributed by atoms with Gasteiger partial charge in [-0.05, 0) is 37.1 Å². The fourth-order valence-electron chi connectivity index (χ4n) is 3.21. The summed E-state index contributed by atoms with van der Waals surface area (Å²) in [6.07, 6.45) is -6.10. The number of nitriles is 1. The molecule has 0 fully saturated rings. The van der Waals surface area contributed by atoms with Crippen LogP contribution in [0, 0.1) is 22.7 Å².